The highest BCUT2D eigenvalue weighted by molar-refractivity contribution is 14.1. The molecule has 1 aromatic rings. The number of ether oxygens (including phenoxy) is 1. The van der Waals surface area contributed by atoms with Crippen molar-refractivity contribution >= 4 is 28.3 Å². The van der Waals surface area contributed by atoms with Crippen molar-refractivity contribution in [1.82, 2.24) is 4.98 Å². The molecule has 0 aromatic carbocycles. The smallest absolute Gasteiger partial charge is 0.398 e. The minimum atomic E-state index is -4.78. The van der Waals surface area contributed by atoms with E-state index in [1.54, 1.807) is 0 Å². The van der Waals surface area contributed by atoms with Gasteiger partial charge in [-0.05, 0) is 22.6 Å². The first kappa shape index (κ1) is 12.3. The first-order chi connectivity index (χ1) is 6.83. The SMILES string of the molecule is NCc1nc(OC(F)(F)F)cc(N)c1I. The molecule has 1 aromatic heterocycles. The molecule has 15 heavy (non-hydrogen) atoms. The van der Waals surface area contributed by atoms with Gasteiger partial charge in [0.2, 0.25) is 5.88 Å². The summed E-state index contributed by atoms with van der Waals surface area (Å²) in [6.45, 7) is -0.00245. The molecule has 84 valence electrons. The van der Waals surface area contributed by atoms with E-state index in [0.717, 1.165) is 6.07 Å². The summed E-state index contributed by atoms with van der Waals surface area (Å²) in [4.78, 5) is 3.58. The van der Waals surface area contributed by atoms with Crippen molar-refractivity contribution in [2.24, 2.45) is 5.73 Å². The summed E-state index contributed by atoms with van der Waals surface area (Å²) in [5.41, 5.74) is 11.2. The van der Waals surface area contributed by atoms with Crippen LogP contribution >= 0.6 is 22.6 Å². The summed E-state index contributed by atoms with van der Waals surface area (Å²) in [5.74, 6) is -0.596. The second-order valence-corrected chi connectivity index (χ2v) is 3.64. The third kappa shape index (κ3) is 3.38. The van der Waals surface area contributed by atoms with E-state index < -0.39 is 12.2 Å². The summed E-state index contributed by atoms with van der Waals surface area (Å²) in [5, 5.41) is 0. The van der Waals surface area contributed by atoms with Crippen LogP contribution in [0.3, 0.4) is 0 Å². The summed E-state index contributed by atoms with van der Waals surface area (Å²) < 4.78 is 39.8. The van der Waals surface area contributed by atoms with Gasteiger partial charge in [0.15, 0.2) is 0 Å². The Kier molecular flexibility index (Phi) is 3.60. The Morgan fingerprint density at radius 2 is 2.07 bits per heavy atom. The number of nitrogen functional groups attached to an aromatic ring is 1. The first-order valence-corrected chi connectivity index (χ1v) is 4.82. The van der Waals surface area contributed by atoms with Crippen LogP contribution in [-0.4, -0.2) is 11.3 Å². The standard InChI is InChI=1S/C7H7F3IN3O/c8-7(9,10)15-5-1-3(13)6(11)4(2-12)14-5/h1H,2,12H2,(H2,13,14). The lowest BCUT2D eigenvalue weighted by molar-refractivity contribution is -0.276. The third-order valence-electron chi connectivity index (χ3n) is 1.44. The number of hydrogen-bond donors (Lipinski definition) is 2. The molecule has 0 unspecified atom stereocenters. The molecule has 0 radical (unpaired) electrons. The number of hydrogen-bond acceptors (Lipinski definition) is 4. The Balaban J connectivity index is 3.06. The number of rotatable bonds is 2. The summed E-state index contributed by atoms with van der Waals surface area (Å²) in [7, 11) is 0. The fourth-order valence-electron chi connectivity index (χ4n) is 0.883. The van der Waals surface area contributed by atoms with Crippen LogP contribution in [0.2, 0.25) is 0 Å². The Labute approximate surface area is 96.9 Å². The topological polar surface area (TPSA) is 74.2 Å². The van der Waals surface area contributed by atoms with Gasteiger partial charge in [-0.15, -0.1) is 13.2 Å². The molecule has 0 fully saturated rings. The third-order valence-corrected chi connectivity index (χ3v) is 2.69. The number of nitrogens with zero attached hydrogens (tertiary/aromatic N) is 1. The minimum Gasteiger partial charge on any atom is -0.398 e. The molecular weight excluding hydrogens is 326 g/mol. The maximum Gasteiger partial charge on any atom is 0.574 e. The normalized spacial score (nSPS) is 11.5. The van der Waals surface area contributed by atoms with Crippen molar-refractivity contribution in [3.8, 4) is 5.88 Å². The molecule has 0 aliphatic carbocycles. The second-order valence-electron chi connectivity index (χ2n) is 2.56. The summed E-state index contributed by atoms with van der Waals surface area (Å²) in [6.07, 6.45) is -4.78. The second kappa shape index (κ2) is 4.39. The molecule has 0 bridgehead atoms. The maximum absolute atomic E-state index is 11.9. The number of pyridine rings is 1. The molecule has 0 aliphatic heterocycles. The van der Waals surface area contributed by atoms with Crippen LogP contribution in [-0.2, 0) is 6.54 Å². The lowest BCUT2D eigenvalue weighted by atomic mass is 10.3. The monoisotopic (exact) mass is 333 g/mol. The van der Waals surface area contributed by atoms with Gasteiger partial charge in [-0.3, -0.25) is 0 Å². The van der Waals surface area contributed by atoms with E-state index in [9.17, 15) is 13.2 Å². The zero-order valence-electron chi connectivity index (χ0n) is 7.31. The van der Waals surface area contributed by atoms with Gasteiger partial charge in [0.25, 0.3) is 0 Å². The average molecular weight is 333 g/mol. The van der Waals surface area contributed by atoms with Gasteiger partial charge >= 0.3 is 6.36 Å². The van der Waals surface area contributed by atoms with E-state index in [1.165, 1.54) is 0 Å². The van der Waals surface area contributed by atoms with Crippen molar-refractivity contribution in [1.29, 1.82) is 0 Å². The van der Waals surface area contributed by atoms with Gasteiger partial charge in [0.05, 0.1) is 15.0 Å². The van der Waals surface area contributed by atoms with Gasteiger partial charge < -0.3 is 16.2 Å². The molecule has 0 amide bonds. The van der Waals surface area contributed by atoms with Crippen molar-refractivity contribution in [3.63, 3.8) is 0 Å². The highest BCUT2D eigenvalue weighted by atomic mass is 127. The van der Waals surface area contributed by atoms with E-state index in [4.69, 9.17) is 11.5 Å². The zero-order valence-corrected chi connectivity index (χ0v) is 9.46. The van der Waals surface area contributed by atoms with Crippen LogP contribution < -0.4 is 16.2 Å². The van der Waals surface area contributed by atoms with Crippen LogP contribution in [0.25, 0.3) is 0 Å². The molecule has 0 saturated carbocycles. The molecule has 4 N–H and O–H groups in total. The van der Waals surface area contributed by atoms with Gasteiger partial charge in [-0.25, -0.2) is 4.98 Å². The Morgan fingerprint density at radius 3 is 2.53 bits per heavy atom. The van der Waals surface area contributed by atoms with E-state index in [2.05, 4.69) is 9.72 Å². The summed E-state index contributed by atoms with van der Waals surface area (Å²) in [6, 6.07) is 1.01. The van der Waals surface area contributed by atoms with Crippen molar-refractivity contribution in [3.05, 3.63) is 15.3 Å². The first-order valence-electron chi connectivity index (χ1n) is 3.74. The van der Waals surface area contributed by atoms with Crippen LogP contribution in [0.1, 0.15) is 5.69 Å². The van der Waals surface area contributed by atoms with Crippen LogP contribution in [0, 0.1) is 3.57 Å². The van der Waals surface area contributed by atoms with E-state index in [-0.39, 0.29) is 17.9 Å². The number of aromatic nitrogens is 1. The van der Waals surface area contributed by atoms with E-state index >= 15 is 0 Å². The highest BCUT2D eigenvalue weighted by Crippen LogP contribution is 2.26. The molecule has 8 heteroatoms. The molecule has 4 nitrogen and oxygen atoms in total. The molecule has 0 spiro atoms. The molecular formula is C7H7F3IN3O. The minimum absolute atomic E-state index is 0.00245. The fraction of sp³-hybridized carbons (Fsp3) is 0.286. The van der Waals surface area contributed by atoms with Crippen LogP contribution in [0.5, 0.6) is 5.88 Å². The quantitative estimate of drug-likeness (QED) is 0.807. The number of alkyl halides is 3. The number of anilines is 1. The molecule has 1 rings (SSSR count). The molecule has 0 saturated heterocycles. The largest absolute Gasteiger partial charge is 0.574 e. The molecule has 0 atom stereocenters. The predicted molar refractivity (Wildman–Crippen MR) is 55.9 cm³/mol. The van der Waals surface area contributed by atoms with Crippen LogP contribution in [0.15, 0.2) is 6.07 Å². The lowest BCUT2D eigenvalue weighted by Gasteiger charge is -2.11. The highest BCUT2D eigenvalue weighted by Gasteiger charge is 2.32. The Morgan fingerprint density at radius 1 is 1.47 bits per heavy atom. The number of nitrogens with two attached hydrogens (primary N) is 2. The van der Waals surface area contributed by atoms with Crippen molar-refractivity contribution < 1.29 is 17.9 Å². The Hall–Kier alpha value is -0.770. The molecule has 1 heterocycles. The average Bonchev–Trinajstić information content (AvgIpc) is 2.08. The Bertz CT molecular complexity index is 369. The van der Waals surface area contributed by atoms with Gasteiger partial charge in [0, 0.05) is 12.6 Å². The van der Waals surface area contributed by atoms with Crippen LogP contribution in [0.4, 0.5) is 18.9 Å². The number of halogens is 4. The zero-order chi connectivity index (χ0) is 11.6. The van der Waals surface area contributed by atoms with Crippen molar-refractivity contribution in [2.75, 3.05) is 5.73 Å². The van der Waals surface area contributed by atoms with E-state index in [0.29, 0.717) is 3.57 Å². The van der Waals surface area contributed by atoms with Gasteiger partial charge in [0.1, 0.15) is 0 Å². The predicted octanol–water partition coefficient (Wildman–Crippen LogP) is 1.63. The maximum atomic E-state index is 11.9. The molecule has 0 aliphatic rings. The van der Waals surface area contributed by atoms with Crippen molar-refractivity contribution in [2.45, 2.75) is 12.9 Å². The fourth-order valence-corrected chi connectivity index (χ4v) is 1.38. The summed E-state index contributed by atoms with van der Waals surface area (Å²) >= 11 is 1.85. The lowest BCUT2D eigenvalue weighted by Crippen LogP contribution is -2.19. The van der Waals surface area contributed by atoms with E-state index in [1.807, 2.05) is 22.6 Å². The van der Waals surface area contributed by atoms with Gasteiger partial charge in [-0.1, -0.05) is 0 Å². The van der Waals surface area contributed by atoms with Gasteiger partial charge in [-0.2, -0.15) is 0 Å².